The van der Waals surface area contributed by atoms with Gasteiger partial charge in [0.15, 0.2) is 5.82 Å². The normalized spacial score (nSPS) is 18.2. The molecule has 1 aromatic heterocycles. The summed E-state index contributed by atoms with van der Waals surface area (Å²) in [6.45, 7) is 0.594. The van der Waals surface area contributed by atoms with E-state index in [2.05, 4.69) is 15.4 Å². The van der Waals surface area contributed by atoms with Crippen molar-refractivity contribution in [2.45, 2.75) is 38.1 Å². The molecule has 1 heterocycles. The van der Waals surface area contributed by atoms with Gasteiger partial charge in [0.25, 0.3) is 0 Å². The zero-order valence-corrected chi connectivity index (χ0v) is 7.69. The van der Waals surface area contributed by atoms with Crippen molar-refractivity contribution in [3.63, 3.8) is 0 Å². The summed E-state index contributed by atoms with van der Waals surface area (Å²) in [4.78, 5) is 1.76. The van der Waals surface area contributed by atoms with E-state index < -0.39 is 0 Å². The lowest BCUT2D eigenvalue weighted by atomic mass is 10.3. The Morgan fingerprint density at radius 3 is 2.85 bits per heavy atom. The van der Waals surface area contributed by atoms with Gasteiger partial charge < -0.3 is 5.73 Å². The van der Waals surface area contributed by atoms with Crippen LogP contribution in [0.4, 0.5) is 0 Å². The quantitative estimate of drug-likeness (QED) is 0.727. The van der Waals surface area contributed by atoms with Gasteiger partial charge in [-0.15, -0.1) is 10.2 Å². The Balaban J connectivity index is 2.03. The highest BCUT2D eigenvalue weighted by atomic mass is 15.6. The molecular formula is C8H15N5. The zero-order chi connectivity index (χ0) is 9.10. The molecule has 1 aliphatic carbocycles. The fraction of sp³-hybridized carbons (Fsp3) is 0.875. The highest BCUT2D eigenvalue weighted by molar-refractivity contribution is 4.79. The smallest absolute Gasteiger partial charge is 0.176 e. The molecule has 0 saturated heterocycles. The van der Waals surface area contributed by atoms with Crippen molar-refractivity contribution in [1.29, 1.82) is 0 Å². The highest BCUT2D eigenvalue weighted by Crippen LogP contribution is 2.27. The Hall–Kier alpha value is -0.970. The van der Waals surface area contributed by atoms with Gasteiger partial charge in [0.1, 0.15) is 0 Å². The molecule has 5 heteroatoms. The van der Waals surface area contributed by atoms with E-state index in [0.717, 1.165) is 12.2 Å². The lowest BCUT2D eigenvalue weighted by Crippen LogP contribution is -2.09. The minimum Gasteiger partial charge on any atom is -0.330 e. The Kier molecular flexibility index (Phi) is 2.54. The first-order valence-electron chi connectivity index (χ1n) is 4.88. The predicted octanol–water partition coefficient (Wildman–Crippen LogP) is 0.289. The fourth-order valence-corrected chi connectivity index (χ4v) is 1.77. The van der Waals surface area contributed by atoms with Gasteiger partial charge >= 0.3 is 0 Å². The average molecular weight is 181 g/mol. The van der Waals surface area contributed by atoms with Crippen LogP contribution in [0.2, 0.25) is 0 Å². The molecule has 0 aliphatic heterocycles. The van der Waals surface area contributed by atoms with Crippen LogP contribution in [-0.4, -0.2) is 26.8 Å². The van der Waals surface area contributed by atoms with Gasteiger partial charge in [0, 0.05) is 6.42 Å². The number of nitrogens with zero attached hydrogens (tertiary/aromatic N) is 4. The second-order valence-corrected chi connectivity index (χ2v) is 3.50. The van der Waals surface area contributed by atoms with E-state index >= 15 is 0 Å². The Morgan fingerprint density at radius 2 is 2.15 bits per heavy atom. The first-order chi connectivity index (χ1) is 6.40. The third kappa shape index (κ3) is 1.85. The van der Waals surface area contributed by atoms with Gasteiger partial charge in [-0.2, -0.15) is 4.80 Å². The lowest BCUT2D eigenvalue weighted by molar-refractivity contribution is 0.403. The van der Waals surface area contributed by atoms with E-state index in [-0.39, 0.29) is 0 Å². The van der Waals surface area contributed by atoms with Gasteiger partial charge in [0.05, 0.1) is 6.04 Å². The zero-order valence-electron chi connectivity index (χ0n) is 7.69. The molecule has 1 aromatic rings. The summed E-state index contributed by atoms with van der Waals surface area (Å²) in [6.07, 6.45) is 5.69. The van der Waals surface area contributed by atoms with Crippen LogP contribution in [0.15, 0.2) is 0 Å². The monoisotopic (exact) mass is 181 g/mol. The highest BCUT2D eigenvalue weighted by Gasteiger charge is 2.19. The summed E-state index contributed by atoms with van der Waals surface area (Å²) in [5.74, 6) is 0.773. The third-order valence-corrected chi connectivity index (χ3v) is 2.49. The molecule has 72 valence electrons. The Bertz CT molecular complexity index is 263. The van der Waals surface area contributed by atoms with E-state index in [1.807, 2.05) is 0 Å². The fourth-order valence-electron chi connectivity index (χ4n) is 1.77. The maximum absolute atomic E-state index is 5.41. The summed E-state index contributed by atoms with van der Waals surface area (Å²) in [5.41, 5.74) is 5.41. The molecule has 0 bridgehead atoms. The van der Waals surface area contributed by atoms with Crippen molar-refractivity contribution in [3.05, 3.63) is 5.82 Å². The molecule has 0 spiro atoms. The number of hydrogen-bond acceptors (Lipinski definition) is 4. The van der Waals surface area contributed by atoms with E-state index in [4.69, 9.17) is 5.73 Å². The van der Waals surface area contributed by atoms with Gasteiger partial charge in [0.2, 0.25) is 0 Å². The van der Waals surface area contributed by atoms with Gasteiger partial charge in [-0.1, -0.05) is 12.8 Å². The van der Waals surface area contributed by atoms with Crippen LogP contribution in [0.3, 0.4) is 0 Å². The molecule has 2 rings (SSSR count). The molecule has 1 saturated carbocycles. The summed E-state index contributed by atoms with van der Waals surface area (Å²) < 4.78 is 0. The van der Waals surface area contributed by atoms with Crippen LogP contribution in [0.1, 0.15) is 37.5 Å². The SMILES string of the molecule is NCCc1nnn(C2CCCC2)n1. The number of rotatable bonds is 3. The second kappa shape index (κ2) is 3.83. The molecule has 5 nitrogen and oxygen atoms in total. The molecule has 2 N–H and O–H groups in total. The summed E-state index contributed by atoms with van der Waals surface area (Å²) in [7, 11) is 0. The van der Waals surface area contributed by atoms with Crippen LogP contribution in [-0.2, 0) is 6.42 Å². The first kappa shape index (κ1) is 8.62. The number of tetrazole rings is 1. The molecule has 0 radical (unpaired) electrons. The molecule has 0 unspecified atom stereocenters. The predicted molar refractivity (Wildman–Crippen MR) is 48.1 cm³/mol. The van der Waals surface area contributed by atoms with Crippen molar-refractivity contribution in [2.24, 2.45) is 5.73 Å². The van der Waals surface area contributed by atoms with Crippen molar-refractivity contribution in [3.8, 4) is 0 Å². The van der Waals surface area contributed by atoms with Crippen LogP contribution in [0.5, 0.6) is 0 Å². The van der Waals surface area contributed by atoms with Crippen LogP contribution in [0.25, 0.3) is 0 Å². The van der Waals surface area contributed by atoms with Crippen molar-refractivity contribution >= 4 is 0 Å². The molecule has 0 amide bonds. The Labute approximate surface area is 77.3 Å². The summed E-state index contributed by atoms with van der Waals surface area (Å²) in [5, 5.41) is 12.3. The largest absolute Gasteiger partial charge is 0.330 e. The maximum Gasteiger partial charge on any atom is 0.176 e. The second-order valence-electron chi connectivity index (χ2n) is 3.50. The van der Waals surface area contributed by atoms with Crippen LogP contribution in [0, 0.1) is 0 Å². The van der Waals surface area contributed by atoms with E-state index in [0.29, 0.717) is 12.6 Å². The van der Waals surface area contributed by atoms with Crippen LogP contribution >= 0.6 is 0 Å². The minimum atomic E-state index is 0.485. The van der Waals surface area contributed by atoms with Crippen molar-refractivity contribution in [2.75, 3.05) is 6.54 Å². The number of aromatic nitrogens is 4. The summed E-state index contributed by atoms with van der Waals surface area (Å²) >= 11 is 0. The molecule has 13 heavy (non-hydrogen) atoms. The standard InChI is InChI=1S/C8H15N5/c9-6-5-8-10-12-13(11-8)7-3-1-2-4-7/h7H,1-6,9H2. The van der Waals surface area contributed by atoms with Gasteiger partial charge in [-0.05, 0) is 24.6 Å². The number of nitrogens with two attached hydrogens (primary N) is 1. The molecule has 1 aliphatic rings. The van der Waals surface area contributed by atoms with Crippen molar-refractivity contribution in [1.82, 2.24) is 20.2 Å². The third-order valence-electron chi connectivity index (χ3n) is 2.49. The molecule has 0 atom stereocenters. The summed E-state index contributed by atoms with van der Waals surface area (Å²) in [6, 6.07) is 0.485. The van der Waals surface area contributed by atoms with E-state index in [9.17, 15) is 0 Å². The lowest BCUT2D eigenvalue weighted by Gasteiger charge is -2.04. The average Bonchev–Trinajstić information content (AvgIpc) is 2.70. The van der Waals surface area contributed by atoms with E-state index in [1.54, 1.807) is 4.80 Å². The van der Waals surface area contributed by atoms with Crippen LogP contribution < -0.4 is 5.73 Å². The van der Waals surface area contributed by atoms with Gasteiger partial charge in [-0.3, -0.25) is 0 Å². The molecular weight excluding hydrogens is 166 g/mol. The van der Waals surface area contributed by atoms with E-state index in [1.165, 1.54) is 25.7 Å². The topological polar surface area (TPSA) is 69.6 Å². The van der Waals surface area contributed by atoms with Crippen molar-refractivity contribution < 1.29 is 0 Å². The minimum absolute atomic E-state index is 0.485. The molecule has 0 aromatic carbocycles. The Morgan fingerprint density at radius 1 is 1.38 bits per heavy atom. The number of hydrogen-bond donors (Lipinski definition) is 1. The maximum atomic E-state index is 5.41. The first-order valence-corrected chi connectivity index (χ1v) is 4.88. The van der Waals surface area contributed by atoms with Gasteiger partial charge in [-0.25, -0.2) is 0 Å². The molecule has 1 fully saturated rings.